The number of nitrogens with two attached hydrogens (primary N) is 1. The van der Waals surface area contributed by atoms with E-state index in [-0.39, 0.29) is 0 Å². The van der Waals surface area contributed by atoms with E-state index in [1.54, 1.807) is 12.3 Å². The van der Waals surface area contributed by atoms with Crippen molar-refractivity contribution >= 4 is 16.2 Å². The quantitative estimate of drug-likeness (QED) is 0.930. The van der Waals surface area contributed by atoms with E-state index in [0.29, 0.717) is 12.1 Å². The van der Waals surface area contributed by atoms with Gasteiger partial charge in [0.2, 0.25) is 10.0 Å². The van der Waals surface area contributed by atoms with Gasteiger partial charge in [-0.15, -0.1) is 0 Å². The van der Waals surface area contributed by atoms with E-state index in [4.69, 9.17) is 5.14 Å². The second-order valence-electron chi connectivity index (χ2n) is 5.88. The van der Waals surface area contributed by atoms with Crippen molar-refractivity contribution in [1.29, 1.82) is 0 Å². The topological polar surface area (TPSA) is 72.5 Å². The van der Waals surface area contributed by atoms with Crippen molar-refractivity contribution in [3.8, 4) is 0 Å². The van der Waals surface area contributed by atoms with Gasteiger partial charge in [0.1, 0.15) is 10.7 Å². The summed E-state index contributed by atoms with van der Waals surface area (Å²) in [6, 6.07) is 12.0. The minimum atomic E-state index is -4.09. The molecule has 1 aliphatic rings. The highest BCUT2D eigenvalue weighted by molar-refractivity contribution is 7.89. The van der Waals surface area contributed by atoms with Gasteiger partial charge in [0.15, 0.2) is 0 Å². The maximum Gasteiger partial charge on any atom is 0.240 e. The lowest BCUT2D eigenvalue weighted by atomic mass is 9.73. The molecule has 0 aliphatic carbocycles. The van der Waals surface area contributed by atoms with Gasteiger partial charge in [-0.25, -0.2) is 17.9 Å². The number of benzene rings is 2. The molecule has 3 rings (SSSR count). The molecule has 2 aromatic rings. The Bertz CT molecular complexity index is 934. The molecule has 1 unspecified atom stereocenters. The molecule has 0 aromatic heterocycles. The van der Waals surface area contributed by atoms with Crippen LogP contribution >= 0.6 is 0 Å². The molecule has 1 atom stereocenters. The van der Waals surface area contributed by atoms with Crippen LogP contribution in [0.3, 0.4) is 0 Å². The van der Waals surface area contributed by atoms with E-state index in [9.17, 15) is 12.8 Å². The van der Waals surface area contributed by atoms with Gasteiger partial charge in [0.25, 0.3) is 0 Å². The first-order valence-electron chi connectivity index (χ1n) is 7.40. The van der Waals surface area contributed by atoms with Crippen LogP contribution in [0, 0.1) is 12.7 Å². The molecule has 0 bridgehead atoms. The summed E-state index contributed by atoms with van der Waals surface area (Å²) in [5.74, 6) is -0.857. The Morgan fingerprint density at radius 1 is 1.12 bits per heavy atom. The third-order valence-electron chi connectivity index (χ3n) is 4.23. The van der Waals surface area contributed by atoms with Crippen LogP contribution in [-0.2, 0) is 15.4 Å². The van der Waals surface area contributed by atoms with Gasteiger partial charge in [-0.2, -0.15) is 0 Å². The average molecular weight is 344 g/mol. The number of rotatable bonds is 3. The van der Waals surface area contributed by atoms with Gasteiger partial charge >= 0.3 is 0 Å². The molecule has 24 heavy (non-hydrogen) atoms. The van der Waals surface area contributed by atoms with Crippen molar-refractivity contribution in [3.63, 3.8) is 0 Å². The Morgan fingerprint density at radius 3 is 2.33 bits per heavy atom. The summed E-state index contributed by atoms with van der Waals surface area (Å²) in [6.07, 6.45) is 5.46. The fraction of sp³-hybridized carbons (Fsp3) is 0.167. The number of sulfonamides is 1. The van der Waals surface area contributed by atoms with Gasteiger partial charge < -0.3 is 0 Å². The largest absolute Gasteiger partial charge is 0.292 e. The normalized spacial score (nSPS) is 20.3. The molecule has 0 amide bonds. The molecular weight excluding hydrogens is 327 g/mol. The third-order valence-corrected chi connectivity index (χ3v) is 5.18. The SMILES string of the molecule is Cc1ccc(C2(c3ccc(S(N)(=O)=O)c(F)c3)C=CC=NC2)cc1. The van der Waals surface area contributed by atoms with Crippen LogP contribution in [0.2, 0.25) is 0 Å². The molecule has 1 heterocycles. The zero-order valence-corrected chi connectivity index (χ0v) is 13.9. The molecule has 0 saturated carbocycles. The van der Waals surface area contributed by atoms with Crippen LogP contribution in [0.5, 0.6) is 0 Å². The Balaban J connectivity index is 2.18. The van der Waals surface area contributed by atoms with E-state index in [1.165, 1.54) is 12.1 Å². The fourth-order valence-electron chi connectivity index (χ4n) is 2.92. The molecule has 0 saturated heterocycles. The minimum absolute atomic E-state index is 0.417. The predicted molar refractivity (Wildman–Crippen MR) is 92.2 cm³/mol. The Labute approximate surface area is 140 Å². The van der Waals surface area contributed by atoms with Crippen molar-refractivity contribution in [2.24, 2.45) is 10.1 Å². The number of allylic oxidation sites excluding steroid dienone is 1. The summed E-state index contributed by atoms with van der Waals surface area (Å²) in [5, 5.41) is 5.04. The molecule has 124 valence electrons. The van der Waals surface area contributed by atoms with E-state index >= 15 is 0 Å². The van der Waals surface area contributed by atoms with Gasteiger partial charge in [0, 0.05) is 6.21 Å². The molecule has 2 aromatic carbocycles. The maximum atomic E-state index is 14.3. The molecule has 1 aliphatic heterocycles. The summed E-state index contributed by atoms with van der Waals surface area (Å²) in [7, 11) is -4.09. The van der Waals surface area contributed by atoms with E-state index < -0.39 is 26.2 Å². The van der Waals surface area contributed by atoms with Crippen LogP contribution in [0.4, 0.5) is 4.39 Å². The number of halogens is 1. The first-order chi connectivity index (χ1) is 11.3. The van der Waals surface area contributed by atoms with Gasteiger partial charge in [-0.1, -0.05) is 42.0 Å². The lowest BCUT2D eigenvalue weighted by Gasteiger charge is -2.32. The number of aliphatic imine (C=N–C) groups is 1. The molecule has 0 radical (unpaired) electrons. The summed E-state index contributed by atoms with van der Waals surface area (Å²) >= 11 is 0. The first kappa shape index (κ1) is 16.5. The fourth-order valence-corrected chi connectivity index (χ4v) is 3.51. The van der Waals surface area contributed by atoms with Crippen molar-refractivity contribution in [2.75, 3.05) is 6.54 Å². The number of aryl methyl sites for hydroxylation is 1. The number of hydrogen-bond acceptors (Lipinski definition) is 3. The summed E-state index contributed by atoms with van der Waals surface area (Å²) in [4.78, 5) is 3.82. The molecule has 2 N–H and O–H groups in total. The van der Waals surface area contributed by atoms with Crippen LogP contribution in [0.1, 0.15) is 16.7 Å². The molecule has 4 nitrogen and oxygen atoms in total. The standard InChI is InChI=1S/C18H17FN2O2S/c1-13-3-5-14(6-4-13)18(9-2-10-21-12-18)15-7-8-17(16(19)11-15)24(20,22)23/h2-11H,12H2,1H3,(H2,20,22,23). The predicted octanol–water partition coefficient (Wildman–Crippen LogP) is 2.71. The van der Waals surface area contributed by atoms with Crippen molar-refractivity contribution in [1.82, 2.24) is 0 Å². The monoisotopic (exact) mass is 344 g/mol. The smallest absolute Gasteiger partial charge is 0.240 e. The highest BCUT2D eigenvalue weighted by Crippen LogP contribution is 2.36. The molecule has 0 spiro atoms. The van der Waals surface area contributed by atoms with Crippen LogP contribution in [0.15, 0.2) is 64.5 Å². The average Bonchev–Trinajstić information content (AvgIpc) is 2.55. The summed E-state index contributed by atoms with van der Waals surface area (Å²) in [5.41, 5.74) is 2.07. The second kappa shape index (κ2) is 5.96. The van der Waals surface area contributed by atoms with Crippen LogP contribution in [0.25, 0.3) is 0 Å². The Kier molecular flexibility index (Phi) is 4.11. The summed E-state index contributed by atoms with van der Waals surface area (Å²) in [6.45, 7) is 2.41. The van der Waals surface area contributed by atoms with Crippen LogP contribution < -0.4 is 5.14 Å². The van der Waals surface area contributed by atoms with Crippen molar-refractivity contribution in [2.45, 2.75) is 17.2 Å². The van der Waals surface area contributed by atoms with E-state index in [2.05, 4.69) is 4.99 Å². The number of dihydropyridines is 1. The third kappa shape index (κ3) is 2.90. The van der Waals surface area contributed by atoms with Crippen molar-refractivity contribution < 1.29 is 12.8 Å². The lowest BCUT2D eigenvalue weighted by Crippen LogP contribution is -2.31. The number of primary sulfonamides is 1. The Hall–Kier alpha value is -2.31. The van der Waals surface area contributed by atoms with E-state index in [1.807, 2.05) is 43.3 Å². The number of hydrogen-bond donors (Lipinski definition) is 1. The van der Waals surface area contributed by atoms with Crippen LogP contribution in [-0.4, -0.2) is 21.2 Å². The zero-order valence-electron chi connectivity index (χ0n) is 13.1. The highest BCUT2D eigenvalue weighted by atomic mass is 32.2. The zero-order chi connectivity index (χ0) is 17.4. The molecule has 6 heteroatoms. The van der Waals surface area contributed by atoms with Crippen molar-refractivity contribution in [3.05, 3.63) is 77.1 Å². The molecular formula is C18H17FN2O2S. The highest BCUT2D eigenvalue weighted by Gasteiger charge is 2.33. The summed E-state index contributed by atoms with van der Waals surface area (Å²) < 4.78 is 37.2. The molecule has 0 fully saturated rings. The second-order valence-corrected chi connectivity index (χ2v) is 7.41. The Morgan fingerprint density at radius 2 is 1.79 bits per heavy atom. The van der Waals surface area contributed by atoms with Gasteiger partial charge in [-0.3, -0.25) is 4.99 Å². The number of nitrogens with zero attached hydrogens (tertiary/aromatic N) is 1. The van der Waals surface area contributed by atoms with E-state index in [0.717, 1.165) is 11.1 Å². The first-order valence-corrected chi connectivity index (χ1v) is 8.95. The van der Waals surface area contributed by atoms with Gasteiger partial charge in [0.05, 0.1) is 12.0 Å². The minimum Gasteiger partial charge on any atom is -0.292 e. The lowest BCUT2D eigenvalue weighted by molar-refractivity contribution is 0.561. The van der Waals surface area contributed by atoms with Gasteiger partial charge in [-0.05, 0) is 36.3 Å². The maximum absolute atomic E-state index is 14.3.